The molecule has 0 radical (unpaired) electrons. The van der Waals surface area contributed by atoms with Crippen LogP contribution in [0.1, 0.15) is 5.56 Å². The molecule has 0 aliphatic rings. The van der Waals surface area contributed by atoms with Crippen LogP contribution in [0.25, 0.3) is 11.3 Å². The molecule has 0 N–H and O–H groups in total. The average Bonchev–Trinajstić information content (AvgIpc) is 2.45. The van der Waals surface area contributed by atoms with Gasteiger partial charge in [-0.15, -0.1) is 0 Å². The molecular formula is C12H9F3N2O3S. The molecule has 9 heteroatoms. The average molecular weight is 318 g/mol. The van der Waals surface area contributed by atoms with Gasteiger partial charge in [-0.05, 0) is 23.8 Å². The van der Waals surface area contributed by atoms with Crippen molar-refractivity contribution in [3.63, 3.8) is 0 Å². The molecule has 2 rings (SSSR count). The first kappa shape index (κ1) is 15.4. The summed E-state index contributed by atoms with van der Waals surface area (Å²) in [5, 5.41) is 0. The maximum absolute atomic E-state index is 12.1. The van der Waals surface area contributed by atoms with Crippen molar-refractivity contribution in [3.05, 3.63) is 48.4 Å². The first-order valence-corrected chi connectivity index (χ1v) is 7.01. The highest BCUT2D eigenvalue weighted by Gasteiger charge is 2.47. The summed E-state index contributed by atoms with van der Waals surface area (Å²) in [5.74, 6) is 0. The standard InChI is InChI=1S/C12H9F3N2O3S/c13-12(14,15)21(18,19)20-8-9-3-4-11(17-6-9)10-2-1-5-16-7-10/h1-7H,8H2. The quantitative estimate of drug-likeness (QED) is 0.640. The van der Waals surface area contributed by atoms with Crippen LogP contribution in [0.2, 0.25) is 0 Å². The van der Waals surface area contributed by atoms with E-state index >= 15 is 0 Å². The van der Waals surface area contributed by atoms with Gasteiger partial charge < -0.3 is 0 Å². The van der Waals surface area contributed by atoms with Crippen molar-refractivity contribution in [2.45, 2.75) is 12.1 Å². The van der Waals surface area contributed by atoms with Crippen LogP contribution in [-0.2, 0) is 20.9 Å². The van der Waals surface area contributed by atoms with Gasteiger partial charge in [0.05, 0.1) is 12.3 Å². The molecule has 0 bridgehead atoms. The Labute approximate surface area is 118 Å². The summed E-state index contributed by atoms with van der Waals surface area (Å²) in [5.41, 5.74) is -3.94. The zero-order chi connectivity index (χ0) is 15.5. The van der Waals surface area contributed by atoms with Gasteiger partial charge in [0.2, 0.25) is 0 Å². The fourth-order valence-corrected chi connectivity index (χ4v) is 1.83. The Balaban J connectivity index is 2.08. The van der Waals surface area contributed by atoms with Crippen molar-refractivity contribution >= 4 is 10.1 Å². The van der Waals surface area contributed by atoms with Gasteiger partial charge in [-0.3, -0.25) is 14.2 Å². The summed E-state index contributed by atoms with van der Waals surface area (Å²) in [6.07, 6.45) is 4.41. The molecule has 0 spiro atoms. The van der Waals surface area contributed by atoms with Crippen molar-refractivity contribution in [1.29, 1.82) is 0 Å². The molecule has 5 nitrogen and oxygen atoms in total. The molecule has 112 valence electrons. The van der Waals surface area contributed by atoms with Crippen LogP contribution in [0.3, 0.4) is 0 Å². The molecule has 0 saturated carbocycles. The van der Waals surface area contributed by atoms with Crippen molar-refractivity contribution in [1.82, 2.24) is 9.97 Å². The van der Waals surface area contributed by atoms with Gasteiger partial charge in [-0.1, -0.05) is 6.07 Å². The molecule has 0 saturated heterocycles. The summed E-state index contributed by atoms with van der Waals surface area (Å²) >= 11 is 0. The molecule has 2 aromatic rings. The summed E-state index contributed by atoms with van der Waals surface area (Å²) in [6, 6.07) is 6.45. The minimum Gasteiger partial charge on any atom is -0.264 e. The number of hydrogen-bond donors (Lipinski definition) is 0. The minimum absolute atomic E-state index is 0.204. The molecule has 0 aromatic carbocycles. The van der Waals surface area contributed by atoms with E-state index in [0.717, 1.165) is 5.56 Å². The molecule has 0 aliphatic heterocycles. The summed E-state index contributed by atoms with van der Waals surface area (Å²) in [6.45, 7) is -0.734. The van der Waals surface area contributed by atoms with Gasteiger partial charge in [0.15, 0.2) is 0 Å². The number of hydrogen-bond acceptors (Lipinski definition) is 5. The smallest absolute Gasteiger partial charge is 0.264 e. The van der Waals surface area contributed by atoms with Crippen LogP contribution < -0.4 is 0 Å². The fourth-order valence-electron chi connectivity index (χ4n) is 1.41. The van der Waals surface area contributed by atoms with E-state index in [1.54, 1.807) is 24.5 Å². The Morgan fingerprint density at radius 2 is 1.90 bits per heavy atom. The maximum Gasteiger partial charge on any atom is 0.523 e. The van der Waals surface area contributed by atoms with Gasteiger partial charge in [0, 0.05) is 24.2 Å². The normalized spacial score (nSPS) is 12.3. The summed E-state index contributed by atoms with van der Waals surface area (Å²) < 4.78 is 61.7. The monoisotopic (exact) mass is 318 g/mol. The van der Waals surface area contributed by atoms with Crippen molar-refractivity contribution in [2.24, 2.45) is 0 Å². The first-order valence-electron chi connectivity index (χ1n) is 5.60. The van der Waals surface area contributed by atoms with Gasteiger partial charge in [0.25, 0.3) is 0 Å². The van der Waals surface area contributed by atoms with E-state index < -0.39 is 22.2 Å². The van der Waals surface area contributed by atoms with Crippen LogP contribution in [0, 0.1) is 0 Å². The van der Waals surface area contributed by atoms with E-state index in [4.69, 9.17) is 0 Å². The Kier molecular flexibility index (Phi) is 4.24. The molecular weight excluding hydrogens is 309 g/mol. The van der Waals surface area contributed by atoms with Crippen LogP contribution in [0.15, 0.2) is 42.9 Å². The van der Waals surface area contributed by atoms with E-state index in [1.807, 2.05) is 0 Å². The highest BCUT2D eigenvalue weighted by molar-refractivity contribution is 7.87. The Hall–Kier alpha value is -2.00. The van der Waals surface area contributed by atoms with Gasteiger partial charge in [0.1, 0.15) is 0 Å². The molecule has 0 fully saturated rings. The second kappa shape index (κ2) is 5.78. The lowest BCUT2D eigenvalue weighted by atomic mass is 10.2. The summed E-state index contributed by atoms with van der Waals surface area (Å²) in [7, 11) is -5.60. The zero-order valence-electron chi connectivity index (χ0n) is 10.4. The molecule has 2 heterocycles. The number of halogens is 3. The molecule has 0 unspecified atom stereocenters. The fraction of sp³-hybridized carbons (Fsp3) is 0.167. The summed E-state index contributed by atoms with van der Waals surface area (Å²) in [4.78, 5) is 7.93. The van der Waals surface area contributed by atoms with Crippen LogP contribution >= 0.6 is 0 Å². The van der Waals surface area contributed by atoms with Crippen molar-refractivity contribution in [3.8, 4) is 11.3 Å². The van der Waals surface area contributed by atoms with Gasteiger partial charge >= 0.3 is 15.6 Å². The van der Waals surface area contributed by atoms with E-state index in [-0.39, 0.29) is 5.56 Å². The largest absolute Gasteiger partial charge is 0.523 e. The topological polar surface area (TPSA) is 69.2 Å². The van der Waals surface area contributed by atoms with Crippen LogP contribution in [-0.4, -0.2) is 23.9 Å². The zero-order valence-corrected chi connectivity index (χ0v) is 11.2. The second-order valence-electron chi connectivity index (χ2n) is 3.96. The van der Waals surface area contributed by atoms with Crippen LogP contribution in [0.4, 0.5) is 13.2 Å². The third-order valence-electron chi connectivity index (χ3n) is 2.45. The molecule has 0 atom stereocenters. The lowest BCUT2D eigenvalue weighted by Crippen LogP contribution is -2.25. The Morgan fingerprint density at radius 1 is 1.14 bits per heavy atom. The highest BCUT2D eigenvalue weighted by atomic mass is 32.2. The van der Waals surface area contributed by atoms with Crippen LogP contribution in [0.5, 0.6) is 0 Å². The number of rotatable bonds is 4. The van der Waals surface area contributed by atoms with Gasteiger partial charge in [-0.2, -0.15) is 21.6 Å². The number of alkyl halides is 3. The number of nitrogens with zero attached hydrogens (tertiary/aromatic N) is 2. The predicted molar refractivity (Wildman–Crippen MR) is 67.2 cm³/mol. The maximum atomic E-state index is 12.1. The molecule has 2 aromatic heterocycles. The molecule has 0 aliphatic carbocycles. The van der Waals surface area contributed by atoms with E-state index in [9.17, 15) is 21.6 Å². The Morgan fingerprint density at radius 3 is 2.43 bits per heavy atom. The number of aromatic nitrogens is 2. The lowest BCUT2D eigenvalue weighted by Gasteiger charge is -2.08. The van der Waals surface area contributed by atoms with E-state index in [0.29, 0.717) is 5.69 Å². The predicted octanol–water partition coefficient (Wildman–Crippen LogP) is 2.51. The second-order valence-corrected chi connectivity index (χ2v) is 5.56. The third-order valence-corrected chi connectivity index (χ3v) is 3.44. The molecule has 21 heavy (non-hydrogen) atoms. The molecule has 0 amide bonds. The van der Waals surface area contributed by atoms with E-state index in [2.05, 4.69) is 14.2 Å². The van der Waals surface area contributed by atoms with Gasteiger partial charge in [-0.25, -0.2) is 0 Å². The van der Waals surface area contributed by atoms with E-state index in [1.165, 1.54) is 18.3 Å². The lowest BCUT2D eigenvalue weighted by molar-refractivity contribution is -0.0547. The minimum atomic E-state index is -5.60. The highest BCUT2D eigenvalue weighted by Crippen LogP contribution is 2.25. The van der Waals surface area contributed by atoms with Crippen molar-refractivity contribution < 1.29 is 25.8 Å². The SMILES string of the molecule is O=S(=O)(OCc1ccc(-c2cccnc2)nc1)C(F)(F)F. The Bertz CT molecular complexity index is 701. The number of pyridine rings is 2. The first-order chi connectivity index (χ1) is 9.79. The third kappa shape index (κ3) is 3.76. The van der Waals surface area contributed by atoms with Crippen molar-refractivity contribution in [2.75, 3.05) is 0 Å².